The molecule has 0 bridgehead atoms. The number of rotatable bonds is 5. The standard InChI is InChI=1S/C17H13F2N5O/c18-13-5-4-11(9-14(13)19)22-17(25)15-6-7-16(24-23-15)21-10-12-3-1-2-8-20-12/h1-9H,10H2,(H,21,24)(H,22,25). The average molecular weight is 341 g/mol. The van der Waals surface area contributed by atoms with E-state index in [-0.39, 0.29) is 11.4 Å². The van der Waals surface area contributed by atoms with E-state index in [1.807, 2.05) is 18.2 Å². The van der Waals surface area contributed by atoms with Crippen molar-refractivity contribution < 1.29 is 13.6 Å². The molecule has 8 heteroatoms. The maximum Gasteiger partial charge on any atom is 0.276 e. The van der Waals surface area contributed by atoms with E-state index in [9.17, 15) is 13.6 Å². The van der Waals surface area contributed by atoms with E-state index in [0.29, 0.717) is 12.4 Å². The molecule has 3 aromatic rings. The first-order valence-corrected chi connectivity index (χ1v) is 7.36. The Balaban J connectivity index is 1.61. The Morgan fingerprint density at radius 1 is 1.00 bits per heavy atom. The second-order valence-electron chi connectivity index (χ2n) is 5.06. The van der Waals surface area contributed by atoms with Crippen LogP contribution < -0.4 is 10.6 Å². The smallest absolute Gasteiger partial charge is 0.276 e. The highest BCUT2D eigenvalue weighted by molar-refractivity contribution is 6.02. The van der Waals surface area contributed by atoms with Crippen molar-refractivity contribution >= 4 is 17.4 Å². The number of hydrogen-bond donors (Lipinski definition) is 2. The van der Waals surface area contributed by atoms with E-state index >= 15 is 0 Å². The second kappa shape index (κ2) is 7.43. The zero-order valence-electron chi connectivity index (χ0n) is 12.9. The van der Waals surface area contributed by atoms with Gasteiger partial charge < -0.3 is 10.6 Å². The van der Waals surface area contributed by atoms with Crippen LogP contribution >= 0.6 is 0 Å². The lowest BCUT2D eigenvalue weighted by Crippen LogP contribution is -2.15. The number of nitrogens with zero attached hydrogens (tertiary/aromatic N) is 3. The lowest BCUT2D eigenvalue weighted by Gasteiger charge is -2.06. The van der Waals surface area contributed by atoms with Gasteiger partial charge in [-0.3, -0.25) is 9.78 Å². The van der Waals surface area contributed by atoms with Crippen LogP contribution in [0.1, 0.15) is 16.2 Å². The highest BCUT2D eigenvalue weighted by Gasteiger charge is 2.10. The number of anilines is 2. The third kappa shape index (κ3) is 4.31. The van der Waals surface area contributed by atoms with Crippen LogP contribution in [0, 0.1) is 11.6 Å². The van der Waals surface area contributed by atoms with Gasteiger partial charge in [0, 0.05) is 18.0 Å². The molecule has 0 saturated carbocycles. The molecular weight excluding hydrogens is 328 g/mol. The molecule has 0 atom stereocenters. The number of nitrogens with one attached hydrogen (secondary N) is 2. The summed E-state index contributed by atoms with van der Waals surface area (Å²) in [5.41, 5.74) is 1.01. The molecule has 0 fully saturated rings. The van der Waals surface area contributed by atoms with Crippen LogP contribution in [0.4, 0.5) is 20.3 Å². The van der Waals surface area contributed by atoms with Gasteiger partial charge in [-0.15, -0.1) is 10.2 Å². The number of carbonyl (C=O) groups excluding carboxylic acids is 1. The molecule has 1 aromatic carbocycles. The fraction of sp³-hybridized carbons (Fsp3) is 0.0588. The fourth-order valence-corrected chi connectivity index (χ4v) is 2.00. The van der Waals surface area contributed by atoms with Crippen molar-refractivity contribution in [1.29, 1.82) is 0 Å². The third-order valence-electron chi connectivity index (χ3n) is 3.25. The molecule has 0 aliphatic rings. The second-order valence-corrected chi connectivity index (χ2v) is 5.06. The quantitative estimate of drug-likeness (QED) is 0.746. The predicted octanol–water partition coefficient (Wildman–Crippen LogP) is 3.01. The minimum absolute atomic E-state index is 0.0492. The molecule has 2 heterocycles. The number of pyridine rings is 1. The summed E-state index contributed by atoms with van der Waals surface area (Å²) < 4.78 is 26.0. The van der Waals surface area contributed by atoms with E-state index in [0.717, 1.165) is 17.8 Å². The summed E-state index contributed by atoms with van der Waals surface area (Å²) in [4.78, 5) is 16.2. The first kappa shape index (κ1) is 16.4. The van der Waals surface area contributed by atoms with Crippen LogP contribution in [0.2, 0.25) is 0 Å². The van der Waals surface area contributed by atoms with Gasteiger partial charge in [-0.1, -0.05) is 6.07 Å². The molecule has 0 radical (unpaired) electrons. The number of halogens is 2. The van der Waals surface area contributed by atoms with Crippen molar-refractivity contribution in [3.8, 4) is 0 Å². The van der Waals surface area contributed by atoms with Gasteiger partial charge >= 0.3 is 0 Å². The SMILES string of the molecule is O=C(Nc1ccc(F)c(F)c1)c1ccc(NCc2ccccn2)nn1. The minimum Gasteiger partial charge on any atom is -0.363 e. The summed E-state index contributed by atoms with van der Waals surface area (Å²) in [5, 5.41) is 13.2. The van der Waals surface area contributed by atoms with Crippen molar-refractivity contribution in [2.75, 3.05) is 10.6 Å². The van der Waals surface area contributed by atoms with Gasteiger partial charge in [0.1, 0.15) is 5.82 Å². The Hall–Kier alpha value is -3.42. The number of carbonyl (C=O) groups is 1. The molecular formula is C17H13F2N5O. The van der Waals surface area contributed by atoms with Crippen molar-refractivity contribution in [2.45, 2.75) is 6.54 Å². The summed E-state index contributed by atoms with van der Waals surface area (Å²) in [5.74, 6) is -2.12. The number of amides is 1. The molecule has 0 aliphatic heterocycles. The van der Waals surface area contributed by atoms with Gasteiger partial charge in [0.05, 0.1) is 12.2 Å². The molecule has 126 valence electrons. The Morgan fingerprint density at radius 3 is 2.56 bits per heavy atom. The molecule has 0 unspecified atom stereocenters. The largest absolute Gasteiger partial charge is 0.363 e. The minimum atomic E-state index is -1.04. The summed E-state index contributed by atoms with van der Waals surface area (Å²) in [6.07, 6.45) is 1.69. The lowest BCUT2D eigenvalue weighted by atomic mass is 10.3. The van der Waals surface area contributed by atoms with Gasteiger partial charge in [0.15, 0.2) is 17.3 Å². The van der Waals surface area contributed by atoms with Crippen LogP contribution in [0.25, 0.3) is 0 Å². The van der Waals surface area contributed by atoms with Gasteiger partial charge in [-0.25, -0.2) is 8.78 Å². The van der Waals surface area contributed by atoms with Crippen LogP contribution in [-0.2, 0) is 6.54 Å². The van der Waals surface area contributed by atoms with Crippen LogP contribution in [-0.4, -0.2) is 21.1 Å². The highest BCUT2D eigenvalue weighted by atomic mass is 19.2. The number of benzene rings is 1. The normalized spacial score (nSPS) is 10.3. The van der Waals surface area contributed by atoms with Crippen molar-refractivity contribution in [3.63, 3.8) is 0 Å². The summed E-state index contributed by atoms with van der Waals surface area (Å²) in [7, 11) is 0. The summed E-state index contributed by atoms with van der Waals surface area (Å²) in [6, 6.07) is 11.7. The Bertz CT molecular complexity index is 872. The van der Waals surface area contributed by atoms with Crippen LogP contribution in [0.5, 0.6) is 0 Å². The fourth-order valence-electron chi connectivity index (χ4n) is 2.00. The molecule has 0 spiro atoms. The van der Waals surface area contributed by atoms with Gasteiger partial charge in [0.2, 0.25) is 0 Å². The monoisotopic (exact) mass is 341 g/mol. The first-order chi connectivity index (χ1) is 12.1. The maximum atomic E-state index is 13.1. The molecule has 2 N–H and O–H groups in total. The van der Waals surface area contributed by atoms with Gasteiger partial charge in [-0.05, 0) is 36.4 Å². The molecule has 3 rings (SSSR count). The van der Waals surface area contributed by atoms with Crippen molar-refractivity contribution in [2.24, 2.45) is 0 Å². The van der Waals surface area contributed by atoms with E-state index in [2.05, 4.69) is 25.8 Å². The highest BCUT2D eigenvalue weighted by Crippen LogP contribution is 2.14. The Morgan fingerprint density at radius 2 is 1.88 bits per heavy atom. The molecule has 0 saturated heterocycles. The van der Waals surface area contributed by atoms with E-state index in [1.165, 1.54) is 12.1 Å². The number of aromatic nitrogens is 3. The summed E-state index contributed by atoms with van der Waals surface area (Å²) >= 11 is 0. The summed E-state index contributed by atoms with van der Waals surface area (Å²) in [6.45, 7) is 0.468. The number of hydrogen-bond acceptors (Lipinski definition) is 5. The molecule has 0 aliphatic carbocycles. The molecule has 1 amide bonds. The zero-order chi connectivity index (χ0) is 17.6. The van der Waals surface area contributed by atoms with E-state index in [1.54, 1.807) is 12.3 Å². The molecule has 6 nitrogen and oxygen atoms in total. The third-order valence-corrected chi connectivity index (χ3v) is 3.25. The zero-order valence-corrected chi connectivity index (χ0v) is 12.9. The van der Waals surface area contributed by atoms with Crippen LogP contribution in [0.3, 0.4) is 0 Å². The maximum absolute atomic E-state index is 13.1. The Labute approximate surface area is 141 Å². The lowest BCUT2D eigenvalue weighted by molar-refractivity contribution is 0.102. The van der Waals surface area contributed by atoms with Gasteiger partial charge in [-0.2, -0.15) is 0 Å². The van der Waals surface area contributed by atoms with E-state index in [4.69, 9.17) is 0 Å². The Kier molecular flexibility index (Phi) is 4.89. The van der Waals surface area contributed by atoms with E-state index < -0.39 is 17.5 Å². The first-order valence-electron chi connectivity index (χ1n) is 7.36. The van der Waals surface area contributed by atoms with Crippen LogP contribution in [0.15, 0.2) is 54.7 Å². The topological polar surface area (TPSA) is 79.8 Å². The van der Waals surface area contributed by atoms with Crippen molar-refractivity contribution in [3.05, 3.63) is 77.8 Å². The average Bonchev–Trinajstić information content (AvgIpc) is 2.64. The molecule has 2 aromatic heterocycles. The predicted molar refractivity (Wildman–Crippen MR) is 87.9 cm³/mol. The van der Waals surface area contributed by atoms with Crippen molar-refractivity contribution in [1.82, 2.24) is 15.2 Å². The van der Waals surface area contributed by atoms with Gasteiger partial charge in [0.25, 0.3) is 5.91 Å². The molecule has 25 heavy (non-hydrogen) atoms.